The minimum absolute atomic E-state index is 0. The topological polar surface area (TPSA) is 54.4 Å². The van der Waals surface area contributed by atoms with Gasteiger partial charge in [0.1, 0.15) is 0 Å². The molecule has 0 aliphatic rings. The van der Waals surface area contributed by atoms with Crippen LogP contribution in [0.25, 0.3) is 0 Å². The van der Waals surface area contributed by atoms with Crippen LogP contribution < -0.4 is 0 Å². The van der Waals surface area contributed by atoms with Gasteiger partial charge in [-0.25, -0.2) is 0 Å². The summed E-state index contributed by atoms with van der Waals surface area (Å²) in [5.41, 5.74) is 0. The van der Waals surface area contributed by atoms with Crippen LogP contribution in [0, 0.1) is 0 Å². The minimum atomic E-state index is -3.70. The number of unbranched alkanes of at least 4 members (excludes halogenated alkanes) is 2. The van der Waals surface area contributed by atoms with Crippen LogP contribution in [0.15, 0.2) is 0 Å². The summed E-state index contributed by atoms with van der Waals surface area (Å²) in [5, 5.41) is 0. The third-order valence-electron chi connectivity index (χ3n) is 1.01. The first kappa shape index (κ1) is 13.1. The number of hydrogen-bond donors (Lipinski definition) is 1. The summed E-state index contributed by atoms with van der Waals surface area (Å²) in [6.45, 7) is 1.98. The molecule has 0 amide bonds. The minimum Gasteiger partial charge on any atom is -0.286 e. The fraction of sp³-hybridized carbons (Fsp3) is 1.00. The van der Waals surface area contributed by atoms with Crippen LogP contribution in [0.3, 0.4) is 0 Å². The van der Waals surface area contributed by atoms with E-state index in [4.69, 9.17) is 4.55 Å². The zero-order chi connectivity index (χ0) is 7.33. The van der Waals surface area contributed by atoms with Gasteiger partial charge < -0.3 is 0 Å². The molecule has 1 radical (unpaired) electrons. The Morgan fingerprint density at radius 3 is 2.10 bits per heavy atom. The van der Waals surface area contributed by atoms with E-state index in [0.29, 0.717) is 6.42 Å². The predicted octanol–water partition coefficient (Wildman–Crippen LogP) is 1.06. The standard InChI is InChI=1S/C5H12O3S.Cu/c1-2-3-4-5-9(6,7)8;/h2-5H2,1H3,(H,6,7,8);. The summed E-state index contributed by atoms with van der Waals surface area (Å²) in [7, 11) is -3.70. The van der Waals surface area contributed by atoms with E-state index in [-0.39, 0.29) is 22.8 Å². The summed E-state index contributed by atoms with van der Waals surface area (Å²) >= 11 is 0. The average Bonchev–Trinajstić information content (AvgIpc) is 1.63. The van der Waals surface area contributed by atoms with Crippen molar-refractivity contribution in [2.24, 2.45) is 0 Å². The Morgan fingerprint density at radius 2 is 1.80 bits per heavy atom. The van der Waals surface area contributed by atoms with Gasteiger partial charge in [-0.2, -0.15) is 8.42 Å². The molecule has 0 aromatic rings. The second-order valence-electron chi connectivity index (χ2n) is 1.99. The van der Waals surface area contributed by atoms with Crippen molar-refractivity contribution in [2.45, 2.75) is 26.2 Å². The van der Waals surface area contributed by atoms with Crippen LogP contribution in [0.5, 0.6) is 0 Å². The van der Waals surface area contributed by atoms with Crippen molar-refractivity contribution in [1.29, 1.82) is 0 Å². The van der Waals surface area contributed by atoms with Gasteiger partial charge in [-0.1, -0.05) is 19.8 Å². The number of rotatable bonds is 4. The molecule has 3 nitrogen and oxygen atoms in total. The molecule has 0 aliphatic heterocycles. The SMILES string of the molecule is CCCCCS(=O)(=O)O.[Cu]. The molecule has 1 N–H and O–H groups in total. The van der Waals surface area contributed by atoms with Crippen molar-refractivity contribution < 1.29 is 30.0 Å². The van der Waals surface area contributed by atoms with Gasteiger partial charge in [-0.05, 0) is 6.42 Å². The molecular formula is C5H12CuO3S. The van der Waals surface area contributed by atoms with E-state index in [2.05, 4.69) is 0 Å². The Labute approximate surface area is 72.4 Å². The van der Waals surface area contributed by atoms with E-state index in [1.807, 2.05) is 6.92 Å². The van der Waals surface area contributed by atoms with E-state index in [1.54, 1.807) is 0 Å². The second kappa shape index (κ2) is 6.16. The van der Waals surface area contributed by atoms with Crippen LogP contribution in [0.4, 0.5) is 0 Å². The largest absolute Gasteiger partial charge is 0.286 e. The second-order valence-corrected chi connectivity index (χ2v) is 3.57. The van der Waals surface area contributed by atoms with Crippen molar-refractivity contribution in [3.05, 3.63) is 0 Å². The van der Waals surface area contributed by atoms with Crippen LogP contribution in [0.2, 0.25) is 0 Å². The fourth-order valence-electron chi connectivity index (χ4n) is 0.534. The van der Waals surface area contributed by atoms with Crippen molar-refractivity contribution in [3.63, 3.8) is 0 Å². The van der Waals surface area contributed by atoms with Crippen molar-refractivity contribution in [2.75, 3.05) is 5.75 Å². The predicted molar refractivity (Wildman–Crippen MR) is 35.9 cm³/mol. The van der Waals surface area contributed by atoms with Crippen LogP contribution >= 0.6 is 0 Å². The molecule has 0 saturated heterocycles. The first-order valence-electron chi connectivity index (χ1n) is 3.01. The Kier molecular flexibility index (Phi) is 8.04. The van der Waals surface area contributed by atoms with E-state index >= 15 is 0 Å². The first-order chi connectivity index (χ1) is 4.06. The quantitative estimate of drug-likeness (QED) is 0.434. The molecule has 0 aliphatic carbocycles. The summed E-state index contributed by atoms with van der Waals surface area (Å²) in [6.07, 6.45) is 2.39. The maximum atomic E-state index is 10.1. The Morgan fingerprint density at radius 1 is 1.30 bits per heavy atom. The van der Waals surface area contributed by atoms with Crippen LogP contribution in [0.1, 0.15) is 26.2 Å². The van der Waals surface area contributed by atoms with Crippen LogP contribution in [-0.2, 0) is 27.2 Å². The van der Waals surface area contributed by atoms with Gasteiger partial charge in [0.25, 0.3) is 10.1 Å². The van der Waals surface area contributed by atoms with Gasteiger partial charge in [0, 0.05) is 17.1 Å². The van der Waals surface area contributed by atoms with Gasteiger partial charge in [0.2, 0.25) is 0 Å². The third-order valence-corrected chi connectivity index (χ3v) is 1.81. The zero-order valence-corrected chi connectivity index (χ0v) is 7.56. The van der Waals surface area contributed by atoms with Crippen molar-refractivity contribution in [3.8, 4) is 0 Å². The van der Waals surface area contributed by atoms with Crippen LogP contribution in [-0.4, -0.2) is 18.7 Å². The fourth-order valence-corrected chi connectivity index (χ4v) is 1.10. The molecule has 0 unspecified atom stereocenters. The van der Waals surface area contributed by atoms with E-state index in [9.17, 15) is 8.42 Å². The number of hydrogen-bond acceptors (Lipinski definition) is 2. The molecule has 0 atom stereocenters. The summed E-state index contributed by atoms with van der Waals surface area (Å²) in [6, 6.07) is 0. The molecule has 0 aromatic heterocycles. The molecule has 0 spiro atoms. The molecule has 0 aromatic carbocycles. The summed E-state index contributed by atoms with van der Waals surface area (Å²) < 4.78 is 28.3. The zero-order valence-electron chi connectivity index (χ0n) is 5.80. The molecule has 0 fully saturated rings. The van der Waals surface area contributed by atoms with Gasteiger partial charge in [0.15, 0.2) is 0 Å². The molecule has 5 heteroatoms. The van der Waals surface area contributed by atoms with Crippen molar-refractivity contribution in [1.82, 2.24) is 0 Å². The smallest absolute Gasteiger partial charge is 0.264 e. The van der Waals surface area contributed by atoms with Gasteiger partial charge in [0.05, 0.1) is 5.75 Å². The summed E-state index contributed by atoms with van der Waals surface area (Å²) in [5.74, 6) is -0.0964. The monoisotopic (exact) mass is 215 g/mol. The maximum Gasteiger partial charge on any atom is 0.264 e. The molecule has 0 bridgehead atoms. The molecule has 0 heterocycles. The molecule has 0 rings (SSSR count). The maximum absolute atomic E-state index is 10.1. The molecule has 67 valence electrons. The average molecular weight is 216 g/mol. The third kappa shape index (κ3) is 11.3. The molecular weight excluding hydrogens is 204 g/mol. The van der Waals surface area contributed by atoms with Gasteiger partial charge >= 0.3 is 0 Å². The van der Waals surface area contributed by atoms with E-state index in [0.717, 1.165) is 12.8 Å². The van der Waals surface area contributed by atoms with E-state index < -0.39 is 10.1 Å². The van der Waals surface area contributed by atoms with Crippen molar-refractivity contribution >= 4 is 10.1 Å². The summed E-state index contributed by atoms with van der Waals surface area (Å²) in [4.78, 5) is 0. The van der Waals surface area contributed by atoms with E-state index in [1.165, 1.54) is 0 Å². The molecule has 0 saturated carbocycles. The van der Waals surface area contributed by atoms with Gasteiger partial charge in [-0.3, -0.25) is 4.55 Å². The normalized spacial score (nSPS) is 10.6. The Bertz CT molecular complexity index is 152. The first-order valence-corrected chi connectivity index (χ1v) is 4.62. The Balaban J connectivity index is 0. The molecule has 10 heavy (non-hydrogen) atoms. The van der Waals surface area contributed by atoms with Gasteiger partial charge in [-0.15, -0.1) is 0 Å². The Hall–Kier alpha value is 0.429.